The van der Waals surface area contributed by atoms with E-state index in [-0.39, 0.29) is 11.7 Å². The van der Waals surface area contributed by atoms with Crippen molar-refractivity contribution in [1.29, 1.82) is 0 Å². The molecule has 1 N–H and O–H groups in total. The topological polar surface area (TPSA) is 73.2 Å². The number of hydrogen-bond donors (Lipinski definition) is 1. The molecule has 0 atom stereocenters. The minimum absolute atomic E-state index is 0.167. The number of aromatic nitrogens is 2. The fourth-order valence-corrected chi connectivity index (χ4v) is 5.22. The predicted octanol–water partition coefficient (Wildman–Crippen LogP) is 4.90. The normalized spacial score (nSPS) is 11.0. The van der Waals surface area contributed by atoms with Crippen LogP contribution in [0.15, 0.2) is 29.4 Å². The minimum Gasteiger partial charge on any atom is -0.462 e. The number of hydrogen-bond acceptors (Lipinski definition) is 6. The van der Waals surface area contributed by atoms with Crippen molar-refractivity contribution in [3.63, 3.8) is 0 Å². The van der Waals surface area contributed by atoms with Crippen LogP contribution < -0.4 is 5.32 Å². The second-order valence-corrected chi connectivity index (χ2v) is 8.44. The summed E-state index contributed by atoms with van der Waals surface area (Å²) >= 11 is 2.83. The Hall–Kier alpha value is -2.32. The van der Waals surface area contributed by atoms with Gasteiger partial charge in [-0.2, -0.15) is 0 Å². The molecular weight excluding hydrogens is 406 g/mol. The Morgan fingerprint density at radius 3 is 2.69 bits per heavy atom. The van der Waals surface area contributed by atoms with E-state index < -0.39 is 5.97 Å². The summed E-state index contributed by atoms with van der Waals surface area (Å²) in [6.45, 7) is 8.84. The maximum Gasteiger partial charge on any atom is 0.341 e. The Labute approximate surface area is 178 Å². The molecule has 154 valence electrons. The van der Waals surface area contributed by atoms with Crippen LogP contribution in [-0.2, 0) is 22.5 Å². The van der Waals surface area contributed by atoms with Crippen LogP contribution in [-0.4, -0.2) is 33.8 Å². The zero-order valence-corrected chi connectivity index (χ0v) is 18.7. The summed E-state index contributed by atoms with van der Waals surface area (Å²) in [5.41, 5.74) is 3.33. The van der Waals surface area contributed by atoms with E-state index in [0.29, 0.717) is 17.2 Å². The summed E-state index contributed by atoms with van der Waals surface area (Å²) in [5.74, 6) is -0.347. The quantitative estimate of drug-likeness (QED) is 0.406. The molecule has 0 saturated heterocycles. The number of amides is 1. The number of benzene rings is 1. The van der Waals surface area contributed by atoms with Crippen LogP contribution in [0.1, 0.15) is 41.6 Å². The van der Waals surface area contributed by atoms with Gasteiger partial charge in [0.1, 0.15) is 5.00 Å². The molecule has 1 amide bonds. The lowest BCUT2D eigenvalue weighted by molar-refractivity contribution is -0.113. The highest BCUT2D eigenvalue weighted by atomic mass is 32.2. The number of para-hydroxylation sites is 2. The maximum atomic E-state index is 12.6. The molecule has 0 aliphatic rings. The largest absolute Gasteiger partial charge is 0.462 e. The molecule has 8 heteroatoms. The first-order chi connectivity index (χ1) is 14.0. The molecule has 0 aliphatic carbocycles. The van der Waals surface area contributed by atoms with Crippen LogP contribution in [0.3, 0.4) is 0 Å². The summed E-state index contributed by atoms with van der Waals surface area (Å²) in [5, 5.41) is 4.28. The third-order valence-electron chi connectivity index (χ3n) is 4.57. The molecule has 3 rings (SSSR count). The number of thioether (sulfide) groups is 1. The molecule has 1 aromatic carbocycles. The summed E-state index contributed by atoms with van der Waals surface area (Å²) in [7, 11) is 0. The number of nitrogens with zero attached hydrogens (tertiary/aromatic N) is 2. The Balaban J connectivity index is 1.76. The van der Waals surface area contributed by atoms with Crippen LogP contribution in [0.4, 0.5) is 5.00 Å². The van der Waals surface area contributed by atoms with Crippen molar-refractivity contribution in [2.24, 2.45) is 0 Å². The average molecular weight is 432 g/mol. The Morgan fingerprint density at radius 2 is 2.00 bits per heavy atom. The lowest BCUT2D eigenvalue weighted by Gasteiger charge is -2.08. The van der Waals surface area contributed by atoms with Crippen molar-refractivity contribution in [1.82, 2.24) is 9.55 Å². The molecule has 0 fully saturated rings. The fraction of sp³-hybridized carbons (Fsp3) is 0.381. The van der Waals surface area contributed by atoms with Gasteiger partial charge < -0.3 is 14.6 Å². The molecular formula is C21H25N3O3S2. The van der Waals surface area contributed by atoms with Crippen molar-refractivity contribution in [3.8, 4) is 0 Å². The van der Waals surface area contributed by atoms with E-state index >= 15 is 0 Å². The van der Waals surface area contributed by atoms with E-state index in [1.165, 1.54) is 23.1 Å². The fourth-order valence-electron chi connectivity index (χ4n) is 3.20. The van der Waals surface area contributed by atoms with Gasteiger partial charge in [-0.1, -0.05) is 30.8 Å². The van der Waals surface area contributed by atoms with Crippen molar-refractivity contribution in [3.05, 3.63) is 40.3 Å². The zero-order valence-electron chi connectivity index (χ0n) is 17.1. The van der Waals surface area contributed by atoms with Crippen LogP contribution in [0.25, 0.3) is 11.0 Å². The molecule has 6 nitrogen and oxygen atoms in total. The van der Waals surface area contributed by atoms with Gasteiger partial charge in [-0.25, -0.2) is 9.78 Å². The number of nitrogens with one attached hydrogen (secondary N) is 1. The van der Waals surface area contributed by atoms with E-state index in [0.717, 1.165) is 39.6 Å². The first-order valence-corrected chi connectivity index (χ1v) is 11.5. The molecule has 29 heavy (non-hydrogen) atoms. The van der Waals surface area contributed by atoms with Gasteiger partial charge in [0.05, 0.1) is 29.0 Å². The van der Waals surface area contributed by atoms with Crippen molar-refractivity contribution >= 4 is 51.0 Å². The number of imidazole rings is 1. The highest BCUT2D eigenvalue weighted by Crippen LogP contribution is 2.34. The van der Waals surface area contributed by atoms with Gasteiger partial charge in [-0.3, -0.25) is 4.79 Å². The highest BCUT2D eigenvalue weighted by Gasteiger charge is 2.23. The summed E-state index contributed by atoms with van der Waals surface area (Å²) in [6.07, 6.45) is 0.800. The molecule has 0 spiro atoms. The molecule has 0 aliphatic heterocycles. The number of thiophene rings is 1. The molecule has 3 aromatic rings. The monoisotopic (exact) mass is 431 g/mol. The SMILES string of the molecule is CCOC(=O)c1c(NC(=O)CSc2nc3ccccc3n2CC)sc(CC)c1C. The van der Waals surface area contributed by atoms with E-state index in [9.17, 15) is 9.59 Å². The van der Waals surface area contributed by atoms with Gasteiger partial charge in [0.15, 0.2) is 5.16 Å². The number of carbonyl (C=O) groups excluding carboxylic acids is 2. The maximum absolute atomic E-state index is 12.6. The number of fused-ring (bicyclic) bond motifs is 1. The van der Waals surface area contributed by atoms with Crippen molar-refractivity contribution in [2.45, 2.75) is 45.8 Å². The van der Waals surface area contributed by atoms with E-state index in [2.05, 4.69) is 21.8 Å². The third kappa shape index (κ3) is 4.48. The first-order valence-electron chi connectivity index (χ1n) is 9.67. The van der Waals surface area contributed by atoms with Crippen molar-refractivity contribution < 1.29 is 14.3 Å². The molecule has 0 bridgehead atoms. The van der Waals surface area contributed by atoms with Crippen LogP contribution in [0, 0.1) is 6.92 Å². The number of carbonyl (C=O) groups is 2. The van der Waals surface area contributed by atoms with Crippen LogP contribution in [0.5, 0.6) is 0 Å². The van der Waals surface area contributed by atoms with Gasteiger partial charge in [0.2, 0.25) is 5.91 Å². The van der Waals surface area contributed by atoms with Gasteiger partial charge in [-0.05, 0) is 44.9 Å². The lowest BCUT2D eigenvalue weighted by atomic mass is 10.1. The minimum atomic E-state index is -0.392. The van der Waals surface area contributed by atoms with Gasteiger partial charge in [-0.15, -0.1) is 11.3 Å². The first kappa shape index (κ1) is 21.4. The molecule has 0 unspecified atom stereocenters. The molecule has 2 heterocycles. The zero-order chi connectivity index (χ0) is 21.0. The second-order valence-electron chi connectivity index (χ2n) is 6.39. The second kappa shape index (κ2) is 9.45. The van der Waals surface area contributed by atoms with Gasteiger partial charge in [0, 0.05) is 11.4 Å². The smallest absolute Gasteiger partial charge is 0.341 e. The number of rotatable bonds is 8. The van der Waals surface area contributed by atoms with Crippen molar-refractivity contribution in [2.75, 3.05) is 17.7 Å². The predicted molar refractivity (Wildman–Crippen MR) is 119 cm³/mol. The number of aryl methyl sites for hydroxylation is 2. The number of ether oxygens (including phenoxy) is 1. The highest BCUT2D eigenvalue weighted by molar-refractivity contribution is 7.99. The van der Waals surface area contributed by atoms with Gasteiger partial charge in [0.25, 0.3) is 0 Å². The van der Waals surface area contributed by atoms with E-state index in [1.54, 1.807) is 6.92 Å². The average Bonchev–Trinajstić information content (AvgIpc) is 3.23. The summed E-state index contributed by atoms with van der Waals surface area (Å²) in [4.78, 5) is 30.7. The van der Waals surface area contributed by atoms with Crippen LogP contribution in [0.2, 0.25) is 0 Å². The number of esters is 1. The Kier molecular flexibility index (Phi) is 6.97. The standard InChI is InChI=1S/C21H25N3O3S2/c1-5-16-13(4)18(20(26)27-7-3)19(29-16)23-17(25)12-28-21-22-14-10-8-9-11-15(14)24(21)6-2/h8-11H,5-7,12H2,1-4H3,(H,23,25). The van der Waals surface area contributed by atoms with Gasteiger partial charge >= 0.3 is 5.97 Å². The van der Waals surface area contributed by atoms with Crippen LogP contribution >= 0.6 is 23.1 Å². The van der Waals surface area contributed by atoms with E-state index in [4.69, 9.17) is 4.74 Å². The van der Waals surface area contributed by atoms with E-state index in [1.807, 2.05) is 38.1 Å². The number of anilines is 1. The molecule has 2 aromatic heterocycles. The summed E-state index contributed by atoms with van der Waals surface area (Å²) < 4.78 is 7.28. The summed E-state index contributed by atoms with van der Waals surface area (Å²) in [6, 6.07) is 7.94. The Morgan fingerprint density at radius 1 is 1.24 bits per heavy atom. The Bertz CT molecular complexity index is 1040. The molecule has 0 radical (unpaired) electrons. The lowest BCUT2D eigenvalue weighted by Crippen LogP contribution is -2.16. The molecule has 0 saturated carbocycles. The third-order valence-corrected chi connectivity index (χ3v) is 6.90.